The second kappa shape index (κ2) is 14.4. The number of Topliss-reactive ketones (excluding diaryl/α,β-unsaturated/α-hetero) is 1. The van der Waals surface area contributed by atoms with Crippen LogP contribution in [0, 0.1) is 0 Å². The van der Waals surface area contributed by atoms with Gasteiger partial charge in [0.2, 0.25) is 0 Å². The van der Waals surface area contributed by atoms with Crippen LogP contribution in [-0.2, 0) is 16.0 Å². The largest absolute Gasteiger partial charge is 0.493 e. The molecule has 10 heteroatoms. The van der Waals surface area contributed by atoms with E-state index in [4.69, 9.17) is 34.0 Å². The molecule has 4 N–H and O–H groups in total. The normalized spacial score (nSPS) is 10.9. The average Bonchev–Trinajstić information content (AvgIpc) is 2.80. The number of hydrogen-bond donors (Lipinski definition) is 4. The Morgan fingerprint density at radius 3 is 2.21 bits per heavy atom. The van der Waals surface area contributed by atoms with Gasteiger partial charge in [-0.2, -0.15) is 0 Å². The highest BCUT2D eigenvalue weighted by Crippen LogP contribution is 2.27. The summed E-state index contributed by atoms with van der Waals surface area (Å²) in [4.78, 5) is 29.6. The van der Waals surface area contributed by atoms with Gasteiger partial charge in [-0.25, -0.2) is 9.59 Å². The number of aliphatic carboxylic acids is 2. The molecule has 1 atom stereocenters. The minimum atomic E-state index is -1.82. The molecule has 1 unspecified atom stereocenters. The summed E-state index contributed by atoms with van der Waals surface area (Å²) in [6.07, 6.45) is 0.158. The maximum atomic E-state index is 11.4. The summed E-state index contributed by atoms with van der Waals surface area (Å²) in [5.41, 5.74) is 1.71. The van der Waals surface area contributed by atoms with Crippen LogP contribution in [0.25, 0.3) is 0 Å². The summed E-state index contributed by atoms with van der Waals surface area (Å²) < 4.78 is 16.1. The van der Waals surface area contributed by atoms with Crippen molar-refractivity contribution in [3.63, 3.8) is 0 Å². The van der Waals surface area contributed by atoms with E-state index in [0.717, 1.165) is 12.0 Å². The summed E-state index contributed by atoms with van der Waals surface area (Å²) in [7, 11) is 3.22. The van der Waals surface area contributed by atoms with Crippen molar-refractivity contribution in [2.24, 2.45) is 0 Å². The molecule has 2 rings (SSSR count). The Kier molecular flexibility index (Phi) is 12.0. The van der Waals surface area contributed by atoms with Crippen LogP contribution < -0.4 is 19.5 Å². The summed E-state index contributed by atoms with van der Waals surface area (Å²) in [5, 5.41) is 28.0. The third-order valence-electron chi connectivity index (χ3n) is 4.28. The maximum absolute atomic E-state index is 11.4. The zero-order valence-electron chi connectivity index (χ0n) is 18.7. The summed E-state index contributed by atoms with van der Waals surface area (Å²) in [5.74, 6) is -1.68. The monoisotopic (exact) mass is 463 g/mol. The van der Waals surface area contributed by atoms with E-state index in [1.54, 1.807) is 38.5 Å². The van der Waals surface area contributed by atoms with Crippen molar-refractivity contribution < 1.29 is 43.9 Å². The molecule has 180 valence electrons. The summed E-state index contributed by atoms with van der Waals surface area (Å²) >= 11 is 0. The number of carboxylic acids is 2. The fourth-order valence-corrected chi connectivity index (χ4v) is 2.59. The Morgan fingerprint density at radius 1 is 0.970 bits per heavy atom. The fraction of sp³-hybridized carbons (Fsp3) is 0.348. The second-order valence-corrected chi connectivity index (χ2v) is 6.80. The molecular weight excluding hydrogens is 434 g/mol. The number of aliphatic hydroxyl groups excluding tert-OH is 1. The SMILES string of the molecule is COc1ccc(CCNCC(O)COc2cccc(C(C)=O)c2)cc1OC.O=C(O)C(=O)O. The molecule has 0 aliphatic carbocycles. The van der Waals surface area contributed by atoms with Crippen molar-refractivity contribution in [3.05, 3.63) is 53.6 Å². The number of rotatable bonds is 11. The van der Waals surface area contributed by atoms with E-state index in [9.17, 15) is 9.90 Å². The first kappa shape index (κ1) is 27.4. The van der Waals surface area contributed by atoms with Gasteiger partial charge in [-0.1, -0.05) is 18.2 Å². The van der Waals surface area contributed by atoms with Gasteiger partial charge in [-0.3, -0.25) is 4.79 Å². The number of methoxy groups -OCH3 is 2. The van der Waals surface area contributed by atoms with Crippen LogP contribution in [0.2, 0.25) is 0 Å². The highest BCUT2D eigenvalue weighted by Gasteiger charge is 2.08. The van der Waals surface area contributed by atoms with Gasteiger partial charge in [-0.05, 0) is 49.7 Å². The van der Waals surface area contributed by atoms with Crippen LogP contribution in [0.4, 0.5) is 0 Å². The van der Waals surface area contributed by atoms with Gasteiger partial charge in [0.05, 0.1) is 14.2 Å². The number of carbonyl (C=O) groups is 3. The number of ether oxygens (including phenoxy) is 3. The Balaban J connectivity index is 0.000000801. The van der Waals surface area contributed by atoms with Gasteiger partial charge in [0.25, 0.3) is 0 Å². The van der Waals surface area contributed by atoms with E-state index < -0.39 is 18.0 Å². The quantitative estimate of drug-likeness (QED) is 0.220. The van der Waals surface area contributed by atoms with Crippen LogP contribution in [0.5, 0.6) is 17.2 Å². The molecule has 33 heavy (non-hydrogen) atoms. The molecule has 0 bridgehead atoms. The molecule has 10 nitrogen and oxygen atoms in total. The summed E-state index contributed by atoms with van der Waals surface area (Å²) in [6, 6.07) is 12.8. The Bertz CT molecular complexity index is 918. The highest BCUT2D eigenvalue weighted by molar-refractivity contribution is 6.27. The molecule has 0 aliphatic heterocycles. The lowest BCUT2D eigenvalue weighted by molar-refractivity contribution is -0.159. The molecule has 0 saturated carbocycles. The zero-order chi connectivity index (χ0) is 24.8. The van der Waals surface area contributed by atoms with Gasteiger partial charge >= 0.3 is 11.9 Å². The lowest BCUT2D eigenvalue weighted by Crippen LogP contribution is -2.32. The average molecular weight is 463 g/mol. The summed E-state index contributed by atoms with van der Waals surface area (Å²) in [6.45, 7) is 2.80. The van der Waals surface area contributed by atoms with Crippen molar-refractivity contribution in [3.8, 4) is 17.2 Å². The lowest BCUT2D eigenvalue weighted by atomic mass is 10.1. The van der Waals surface area contributed by atoms with Gasteiger partial charge in [0.1, 0.15) is 18.5 Å². The Morgan fingerprint density at radius 2 is 1.64 bits per heavy atom. The number of benzene rings is 2. The van der Waals surface area contributed by atoms with E-state index in [0.29, 0.717) is 35.9 Å². The van der Waals surface area contributed by atoms with Crippen LogP contribution in [0.3, 0.4) is 0 Å². The van der Waals surface area contributed by atoms with Crippen LogP contribution in [-0.4, -0.2) is 73.1 Å². The predicted octanol–water partition coefficient (Wildman–Crippen LogP) is 1.63. The molecule has 0 aliphatic rings. The van der Waals surface area contributed by atoms with Crippen LogP contribution in [0.1, 0.15) is 22.8 Å². The molecule has 0 radical (unpaired) electrons. The van der Waals surface area contributed by atoms with E-state index in [1.165, 1.54) is 6.92 Å². The first-order chi connectivity index (χ1) is 15.7. The number of ketones is 1. The van der Waals surface area contributed by atoms with Crippen LogP contribution in [0.15, 0.2) is 42.5 Å². The first-order valence-electron chi connectivity index (χ1n) is 9.97. The molecule has 2 aromatic carbocycles. The molecule has 0 spiro atoms. The van der Waals surface area contributed by atoms with Gasteiger partial charge in [-0.15, -0.1) is 0 Å². The van der Waals surface area contributed by atoms with Crippen molar-refractivity contribution in [2.45, 2.75) is 19.4 Å². The van der Waals surface area contributed by atoms with Crippen molar-refractivity contribution in [1.82, 2.24) is 5.32 Å². The molecular formula is C23H29NO9. The van der Waals surface area contributed by atoms with Crippen molar-refractivity contribution in [2.75, 3.05) is 33.9 Å². The molecule has 0 aromatic heterocycles. The Labute approximate surface area is 191 Å². The van der Waals surface area contributed by atoms with Gasteiger partial charge in [0.15, 0.2) is 17.3 Å². The molecule has 0 amide bonds. The van der Waals surface area contributed by atoms with Crippen molar-refractivity contribution in [1.29, 1.82) is 0 Å². The van der Waals surface area contributed by atoms with Gasteiger partial charge < -0.3 is 34.8 Å². The van der Waals surface area contributed by atoms with E-state index in [-0.39, 0.29) is 12.4 Å². The van der Waals surface area contributed by atoms with E-state index in [2.05, 4.69) is 5.32 Å². The lowest BCUT2D eigenvalue weighted by Gasteiger charge is -2.14. The van der Waals surface area contributed by atoms with Crippen molar-refractivity contribution >= 4 is 17.7 Å². The van der Waals surface area contributed by atoms with E-state index >= 15 is 0 Å². The predicted molar refractivity (Wildman–Crippen MR) is 119 cm³/mol. The third-order valence-corrected chi connectivity index (χ3v) is 4.28. The van der Waals surface area contributed by atoms with E-state index in [1.807, 2.05) is 18.2 Å². The number of carboxylic acid groups (broad SMARTS) is 2. The third kappa shape index (κ3) is 10.5. The highest BCUT2D eigenvalue weighted by atomic mass is 16.5. The van der Waals surface area contributed by atoms with Gasteiger partial charge in [0, 0.05) is 12.1 Å². The Hall–Kier alpha value is -3.63. The smallest absolute Gasteiger partial charge is 0.414 e. The number of hydrogen-bond acceptors (Lipinski definition) is 8. The zero-order valence-corrected chi connectivity index (χ0v) is 18.7. The standard InChI is InChI=1S/C21H27NO5.C2H2O4/c1-15(23)17-5-4-6-19(12-17)27-14-18(24)13-22-10-9-16-7-8-20(25-2)21(11-16)26-3;3-1(4)2(5)6/h4-8,11-12,18,22,24H,9-10,13-14H2,1-3H3;(H,3,4)(H,5,6). The molecule has 2 aromatic rings. The number of nitrogens with one attached hydrogen (secondary N) is 1. The fourth-order valence-electron chi connectivity index (χ4n) is 2.59. The second-order valence-electron chi connectivity index (χ2n) is 6.80. The first-order valence-corrected chi connectivity index (χ1v) is 9.97. The minimum absolute atomic E-state index is 0.0159. The number of carbonyl (C=O) groups excluding carboxylic acids is 1. The number of aliphatic hydroxyl groups is 1. The molecule has 0 fully saturated rings. The maximum Gasteiger partial charge on any atom is 0.414 e. The van der Waals surface area contributed by atoms with Crippen LogP contribution >= 0.6 is 0 Å². The topological polar surface area (TPSA) is 152 Å². The molecule has 0 saturated heterocycles. The molecule has 0 heterocycles. The minimum Gasteiger partial charge on any atom is -0.493 e.